The van der Waals surface area contributed by atoms with Gasteiger partial charge in [-0.2, -0.15) is 0 Å². The van der Waals surface area contributed by atoms with Gasteiger partial charge in [-0.25, -0.2) is 4.98 Å². The summed E-state index contributed by atoms with van der Waals surface area (Å²) in [5, 5.41) is 0.700. The molecule has 3 heterocycles. The summed E-state index contributed by atoms with van der Waals surface area (Å²) in [6.07, 6.45) is 9.15. The summed E-state index contributed by atoms with van der Waals surface area (Å²) in [5.74, 6) is 1.33. The second-order valence-electron chi connectivity index (χ2n) is 9.59. The van der Waals surface area contributed by atoms with Gasteiger partial charge in [0, 0.05) is 16.5 Å². The molecule has 0 bridgehead atoms. The Hall–Kier alpha value is -1.89. The monoisotopic (exact) mass is 472 g/mol. The fourth-order valence-corrected chi connectivity index (χ4v) is 5.42. The van der Waals surface area contributed by atoms with Crippen molar-refractivity contribution < 1.29 is 9.21 Å². The highest BCUT2D eigenvalue weighted by molar-refractivity contribution is 6.30. The van der Waals surface area contributed by atoms with Crippen molar-refractivity contribution in [2.75, 3.05) is 32.7 Å². The van der Waals surface area contributed by atoms with E-state index in [1.165, 1.54) is 38.8 Å². The Bertz CT molecular complexity index is 898. The van der Waals surface area contributed by atoms with Crippen molar-refractivity contribution in [1.29, 1.82) is 0 Å². The number of likely N-dealkylation sites (tertiary alicyclic amines) is 2. The molecule has 2 saturated heterocycles. The second kappa shape index (κ2) is 11.5. The van der Waals surface area contributed by atoms with Crippen LogP contribution in [0.15, 0.2) is 28.7 Å². The lowest BCUT2D eigenvalue weighted by Gasteiger charge is -2.36. The normalized spacial score (nSPS) is 19.9. The molecule has 2 aliphatic heterocycles. The molecule has 1 aromatic carbocycles. The molecule has 1 amide bonds. The van der Waals surface area contributed by atoms with Crippen LogP contribution in [-0.4, -0.2) is 53.4 Å². The molecule has 2 fully saturated rings. The summed E-state index contributed by atoms with van der Waals surface area (Å²) in [6.45, 7) is 7.32. The fourth-order valence-electron chi connectivity index (χ4n) is 5.29. The first kappa shape index (κ1) is 24.2. The van der Waals surface area contributed by atoms with Crippen LogP contribution >= 0.6 is 11.6 Å². The molecule has 1 aromatic heterocycles. The summed E-state index contributed by atoms with van der Waals surface area (Å²) in [7, 11) is 0. The van der Waals surface area contributed by atoms with Crippen LogP contribution in [0.5, 0.6) is 0 Å². The van der Waals surface area contributed by atoms with Gasteiger partial charge in [-0.05, 0) is 102 Å². The third kappa shape index (κ3) is 6.37. The Morgan fingerprint density at radius 3 is 2.42 bits per heavy atom. The van der Waals surface area contributed by atoms with Gasteiger partial charge >= 0.3 is 0 Å². The molecule has 2 aromatic rings. The number of oxazole rings is 1. The largest absolute Gasteiger partial charge is 0.441 e. The molecule has 6 nitrogen and oxygen atoms in total. The van der Waals surface area contributed by atoms with Crippen molar-refractivity contribution in [2.24, 2.45) is 11.7 Å². The average molecular weight is 473 g/mol. The number of primary amides is 1. The molecule has 0 spiro atoms. The SMILES string of the molecule is Cc1oc(-c2ccc(Cl)cc2)nc1C(CCCN1CCCCCC1)N1CCC(C(N)=O)CC1. The smallest absolute Gasteiger partial charge is 0.226 e. The van der Waals surface area contributed by atoms with Gasteiger partial charge in [-0.1, -0.05) is 24.4 Å². The number of hydrogen-bond donors (Lipinski definition) is 1. The lowest BCUT2D eigenvalue weighted by Crippen LogP contribution is -2.41. The van der Waals surface area contributed by atoms with Gasteiger partial charge in [0.25, 0.3) is 0 Å². The number of piperidine rings is 1. The molecule has 1 unspecified atom stereocenters. The molecule has 1 atom stereocenters. The average Bonchev–Trinajstić information content (AvgIpc) is 3.02. The van der Waals surface area contributed by atoms with Crippen LogP contribution < -0.4 is 5.73 Å². The fraction of sp³-hybridized carbons (Fsp3) is 0.615. The summed E-state index contributed by atoms with van der Waals surface area (Å²) in [5.41, 5.74) is 7.53. The van der Waals surface area contributed by atoms with E-state index in [2.05, 4.69) is 9.80 Å². The summed E-state index contributed by atoms with van der Waals surface area (Å²) in [4.78, 5) is 21.7. The van der Waals surface area contributed by atoms with E-state index >= 15 is 0 Å². The van der Waals surface area contributed by atoms with Gasteiger partial charge in [0.05, 0.1) is 11.7 Å². The standard InChI is InChI=1S/C26H37ClN4O2/c1-19-24(29-26(33-19)21-8-10-22(27)11-9-21)23(31-17-12-20(13-18-31)25(28)32)7-6-16-30-14-4-2-3-5-15-30/h8-11,20,23H,2-7,12-18H2,1H3,(H2,28,32). The Labute approximate surface area is 202 Å². The summed E-state index contributed by atoms with van der Waals surface area (Å²) < 4.78 is 6.12. The van der Waals surface area contributed by atoms with E-state index in [0.29, 0.717) is 10.9 Å². The van der Waals surface area contributed by atoms with E-state index in [0.717, 1.165) is 62.3 Å². The summed E-state index contributed by atoms with van der Waals surface area (Å²) >= 11 is 6.06. The highest BCUT2D eigenvalue weighted by Gasteiger charge is 2.31. The molecule has 0 aliphatic carbocycles. The Kier molecular flexibility index (Phi) is 8.45. The van der Waals surface area contributed by atoms with Gasteiger partial charge in [-0.15, -0.1) is 0 Å². The Balaban J connectivity index is 1.49. The van der Waals surface area contributed by atoms with E-state index in [-0.39, 0.29) is 17.9 Å². The summed E-state index contributed by atoms with van der Waals surface area (Å²) in [6, 6.07) is 7.82. The molecule has 2 aliphatic rings. The minimum Gasteiger partial charge on any atom is -0.441 e. The minimum atomic E-state index is -0.171. The minimum absolute atomic E-state index is 0.0120. The number of hydrogen-bond acceptors (Lipinski definition) is 5. The first-order valence-corrected chi connectivity index (χ1v) is 12.9. The van der Waals surface area contributed by atoms with E-state index in [9.17, 15) is 4.79 Å². The third-order valence-corrected chi connectivity index (χ3v) is 7.51. The van der Waals surface area contributed by atoms with E-state index < -0.39 is 0 Å². The number of rotatable bonds is 8. The first-order chi connectivity index (χ1) is 16.0. The molecule has 2 N–H and O–H groups in total. The van der Waals surface area contributed by atoms with Gasteiger partial charge < -0.3 is 15.1 Å². The maximum atomic E-state index is 11.7. The van der Waals surface area contributed by atoms with Crippen LogP contribution in [0, 0.1) is 12.8 Å². The molecule has 180 valence electrons. The maximum absolute atomic E-state index is 11.7. The molecule has 33 heavy (non-hydrogen) atoms. The molecule has 0 saturated carbocycles. The zero-order chi connectivity index (χ0) is 23.2. The van der Waals surface area contributed by atoms with Crippen molar-refractivity contribution in [3.63, 3.8) is 0 Å². The number of halogens is 1. The molecule has 0 radical (unpaired) electrons. The number of amides is 1. The number of benzene rings is 1. The maximum Gasteiger partial charge on any atom is 0.226 e. The third-order valence-electron chi connectivity index (χ3n) is 7.26. The van der Waals surface area contributed by atoms with Gasteiger partial charge in [-0.3, -0.25) is 9.69 Å². The Morgan fingerprint density at radius 1 is 1.12 bits per heavy atom. The highest BCUT2D eigenvalue weighted by Crippen LogP contribution is 2.34. The second-order valence-corrected chi connectivity index (χ2v) is 10.0. The number of aryl methyl sites for hydroxylation is 1. The lowest BCUT2D eigenvalue weighted by molar-refractivity contribution is -0.123. The van der Waals surface area contributed by atoms with Crippen molar-refractivity contribution in [2.45, 2.75) is 64.3 Å². The van der Waals surface area contributed by atoms with Crippen LogP contribution in [0.25, 0.3) is 11.5 Å². The zero-order valence-corrected chi connectivity index (χ0v) is 20.5. The first-order valence-electron chi connectivity index (χ1n) is 12.5. The van der Waals surface area contributed by atoms with Crippen LogP contribution in [-0.2, 0) is 4.79 Å². The van der Waals surface area contributed by atoms with Crippen LogP contribution in [0.1, 0.15) is 68.9 Å². The van der Waals surface area contributed by atoms with E-state index in [4.69, 9.17) is 26.7 Å². The van der Waals surface area contributed by atoms with Crippen molar-refractivity contribution in [3.8, 4) is 11.5 Å². The number of nitrogens with zero attached hydrogens (tertiary/aromatic N) is 3. The van der Waals surface area contributed by atoms with E-state index in [1.807, 2.05) is 31.2 Å². The molecule has 4 rings (SSSR count). The van der Waals surface area contributed by atoms with Crippen molar-refractivity contribution in [3.05, 3.63) is 40.7 Å². The molecule has 7 heteroatoms. The number of carbonyl (C=O) groups excluding carboxylic acids is 1. The predicted octanol–water partition coefficient (Wildman–Crippen LogP) is 5.20. The quantitative estimate of drug-likeness (QED) is 0.571. The molecular formula is C26H37ClN4O2. The highest BCUT2D eigenvalue weighted by atomic mass is 35.5. The lowest BCUT2D eigenvalue weighted by atomic mass is 9.93. The van der Waals surface area contributed by atoms with Gasteiger partial charge in [0.15, 0.2) is 0 Å². The van der Waals surface area contributed by atoms with Crippen molar-refractivity contribution in [1.82, 2.24) is 14.8 Å². The number of nitrogens with two attached hydrogens (primary N) is 1. The van der Waals surface area contributed by atoms with Crippen LogP contribution in [0.3, 0.4) is 0 Å². The topological polar surface area (TPSA) is 75.6 Å². The predicted molar refractivity (Wildman–Crippen MR) is 132 cm³/mol. The van der Waals surface area contributed by atoms with Gasteiger partial charge in [0.1, 0.15) is 5.76 Å². The number of aromatic nitrogens is 1. The van der Waals surface area contributed by atoms with Crippen LogP contribution in [0.4, 0.5) is 0 Å². The Morgan fingerprint density at radius 2 is 1.79 bits per heavy atom. The van der Waals surface area contributed by atoms with E-state index in [1.54, 1.807) is 0 Å². The van der Waals surface area contributed by atoms with Gasteiger partial charge in [0.2, 0.25) is 11.8 Å². The van der Waals surface area contributed by atoms with Crippen LogP contribution in [0.2, 0.25) is 5.02 Å². The zero-order valence-electron chi connectivity index (χ0n) is 19.8. The molecular weight excluding hydrogens is 436 g/mol. The number of carbonyl (C=O) groups is 1. The van der Waals surface area contributed by atoms with Crippen molar-refractivity contribution >= 4 is 17.5 Å².